The van der Waals surface area contributed by atoms with Crippen LogP contribution in [0.15, 0.2) is 18.2 Å². The average molecular weight is 309 g/mol. The number of carbonyl (C=O) groups is 2. The molecule has 1 aromatic carbocycles. The highest BCUT2D eigenvalue weighted by molar-refractivity contribution is 5.86. The molecule has 5 nitrogen and oxygen atoms in total. The Bertz CT molecular complexity index is 534. The van der Waals surface area contributed by atoms with Crippen molar-refractivity contribution in [3.63, 3.8) is 0 Å². The van der Waals surface area contributed by atoms with E-state index in [1.165, 1.54) is 6.07 Å². The molecule has 2 unspecified atom stereocenters. The van der Waals surface area contributed by atoms with Crippen molar-refractivity contribution in [3.05, 3.63) is 35.1 Å². The molecule has 0 aliphatic rings. The summed E-state index contributed by atoms with van der Waals surface area (Å²) in [6.07, 6.45) is 0.828. The summed E-state index contributed by atoms with van der Waals surface area (Å²) in [6, 6.07) is 3.67. The maximum absolute atomic E-state index is 13.1. The van der Waals surface area contributed by atoms with Crippen LogP contribution in [0.1, 0.15) is 38.3 Å². The van der Waals surface area contributed by atoms with Crippen LogP contribution in [0.3, 0.4) is 0 Å². The summed E-state index contributed by atoms with van der Waals surface area (Å²) in [6.45, 7) is 7.44. The van der Waals surface area contributed by atoms with E-state index in [0.717, 1.165) is 12.0 Å². The fourth-order valence-electron chi connectivity index (χ4n) is 1.78. The second-order valence-electron chi connectivity index (χ2n) is 5.45. The summed E-state index contributed by atoms with van der Waals surface area (Å²) in [5, 5.41) is 8.01. The summed E-state index contributed by atoms with van der Waals surface area (Å²) in [7, 11) is 0. The number of carbonyl (C=O) groups excluding carboxylic acids is 2. The maximum atomic E-state index is 13.1. The smallest absolute Gasteiger partial charge is 0.315 e. The van der Waals surface area contributed by atoms with E-state index in [0.29, 0.717) is 5.56 Å². The van der Waals surface area contributed by atoms with E-state index in [1.807, 2.05) is 13.8 Å². The molecule has 0 fully saturated rings. The first-order valence-corrected chi connectivity index (χ1v) is 7.43. The summed E-state index contributed by atoms with van der Waals surface area (Å²) >= 11 is 0. The van der Waals surface area contributed by atoms with E-state index < -0.39 is 12.1 Å². The fraction of sp³-hybridized carbons (Fsp3) is 0.500. The predicted molar refractivity (Wildman–Crippen MR) is 83.9 cm³/mol. The SMILES string of the molecule is CCC(C)NC(=O)C(C)NC(=O)NCc1ccc(F)c(C)c1. The van der Waals surface area contributed by atoms with Crippen LogP contribution in [-0.2, 0) is 11.3 Å². The molecule has 22 heavy (non-hydrogen) atoms. The standard InChI is InChI=1S/C16H24FN3O2/c1-5-11(3)19-15(21)12(4)20-16(22)18-9-13-6-7-14(17)10(2)8-13/h6-8,11-12H,5,9H2,1-4H3,(H,19,21)(H2,18,20,22). The molecule has 3 N–H and O–H groups in total. The number of amides is 3. The molecule has 0 aromatic heterocycles. The molecule has 1 rings (SSSR count). The number of hydrogen-bond donors (Lipinski definition) is 3. The third-order valence-electron chi connectivity index (χ3n) is 3.42. The van der Waals surface area contributed by atoms with Gasteiger partial charge in [0.1, 0.15) is 11.9 Å². The Morgan fingerprint density at radius 2 is 1.91 bits per heavy atom. The highest BCUT2D eigenvalue weighted by Crippen LogP contribution is 2.08. The molecule has 6 heteroatoms. The Kier molecular flexibility index (Phi) is 6.82. The zero-order valence-electron chi connectivity index (χ0n) is 13.5. The van der Waals surface area contributed by atoms with E-state index in [-0.39, 0.29) is 24.3 Å². The molecule has 2 atom stereocenters. The second kappa shape index (κ2) is 8.36. The molecular weight excluding hydrogens is 285 g/mol. The highest BCUT2D eigenvalue weighted by Gasteiger charge is 2.16. The molecule has 0 saturated carbocycles. The minimum absolute atomic E-state index is 0.0713. The molecule has 0 bridgehead atoms. The quantitative estimate of drug-likeness (QED) is 0.754. The lowest BCUT2D eigenvalue weighted by Crippen LogP contribution is -2.49. The van der Waals surface area contributed by atoms with Gasteiger partial charge in [0.15, 0.2) is 0 Å². The van der Waals surface area contributed by atoms with E-state index >= 15 is 0 Å². The zero-order valence-corrected chi connectivity index (χ0v) is 13.5. The van der Waals surface area contributed by atoms with Crippen LogP contribution in [0.5, 0.6) is 0 Å². The lowest BCUT2D eigenvalue weighted by molar-refractivity contribution is -0.123. The number of halogens is 1. The van der Waals surface area contributed by atoms with Gasteiger partial charge in [-0.2, -0.15) is 0 Å². The Morgan fingerprint density at radius 3 is 2.50 bits per heavy atom. The minimum Gasteiger partial charge on any atom is -0.352 e. The summed E-state index contributed by atoms with van der Waals surface area (Å²) in [5.74, 6) is -0.495. The maximum Gasteiger partial charge on any atom is 0.315 e. The molecule has 0 aliphatic carbocycles. The van der Waals surface area contributed by atoms with Gasteiger partial charge in [-0.25, -0.2) is 9.18 Å². The van der Waals surface area contributed by atoms with Crippen molar-refractivity contribution in [2.45, 2.75) is 52.7 Å². The monoisotopic (exact) mass is 309 g/mol. The van der Waals surface area contributed by atoms with Crippen LogP contribution in [0, 0.1) is 12.7 Å². The van der Waals surface area contributed by atoms with E-state index in [1.54, 1.807) is 26.0 Å². The number of aryl methyl sites for hydroxylation is 1. The van der Waals surface area contributed by atoms with E-state index in [9.17, 15) is 14.0 Å². The minimum atomic E-state index is -0.621. The zero-order chi connectivity index (χ0) is 16.7. The molecule has 0 saturated heterocycles. The first-order valence-electron chi connectivity index (χ1n) is 7.43. The number of urea groups is 1. The number of benzene rings is 1. The van der Waals surface area contributed by atoms with Gasteiger partial charge in [-0.3, -0.25) is 4.79 Å². The number of rotatable bonds is 6. The van der Waals surface area contributed by atoms with Crippen LogP contribution in [0.2, 0.25) is 0 Å². The predicted octanol–water partition coefficient (Wildman–Crippen LogP) is 2.24. The molecule has 0 heterocycles. The van der Waals surface area contributed by atoms with Gasteiger partial charge in [0.25, 0.3) is 0 Å². The van der Waals surface area contributed by atoms with Crippen molar-refractivity contribution in [1.29, 1.82) is 0 Å². The van der Waals surface area contributed by atoms with Crippen molar-refractivity contribution in [3.8, 4) is 0 Å². The third-order valence-corrected chi connectivity index (χ3v) is 3.42. The Hall–Kier alpha value is -2.11. The molecule has 1 aromatic rings. The van der Waals surface area contributed by atoms with Gasteiger partial charge in [-0.1, -0.05) is 19.1 Å². The second-order valence-corrected chi connectivity index (χ2v) is 5.45. The molecule has 0 radical (unpaired) electrons. The van der Waals surface area contributed by atoms with Crippen LogP contribution in [-0.4, -0.2) is 24.0 Å². The van der Waals surface area contributed by atoms with Gasteiger partial charge in [0.2, 0.25) is 5.91 Å². The number of hydrogen-bond acceptors (Lipinski definition) is 2. The highest BCUT2D eigenvalue weighted by atomic mass is 19.1. The molecular formula is C16H24FN3O2. The molecule has 122 valence electrons. The van der Waals surface area contributed by atoms with Crippen molar-refractivity contribution >= 4 is 11.9 Å². The molecule has 0 spiro atoms. The summed E-state index contributed by atoms with van der Waals surface area (Å²) in [4.78, 5) is 23.6. The topological polar surface area (TPSA) is 70.2 Å². The third kappa shape index (κ3) is 5.71. The van der Waals surface area contributed by atoms with Crippen molar-refractivity contribution in [2.75, 3.05) is 0 Å². The lowest BCUT2D eigenvalue weighted by atomic mass is 10.1. The van der Waals surface area contributed by atoms with E-state index in [4.69, 9.17) is 0 Å². The lowest BCUT2D eigenvalue weighted by Gasteiger charge is -2.17. The largest absolute Gasteiger partial charge is 0.352 e. The summed E-state index contributed by atoms with van der Waals surface area (Å²) < 4.78 is 13.1. The Labute approximate surface area is 130 Å². The van der Waals surface area contributed by atoms with Crippen molar-refractivity contribution in [1.82, 2.24) is 16.0 Å². The van der Waals surface area contributed by atoms with Gasteiger partial charge in [0, 0.05) is 12.6 Å². The Morgan fingerprint density at radius 1 is 1.23 bits per heavy atom. The summed E-state index contributed by atoms with van der Waals surface area (Å²) in [5.41, 5.74) is 1.33. The van der Waals surface area contributed by atoms with E-state index in [2.05, 4.69) is 16.0 Å². The van der Waals surface area contributed by atoms with Crippen LogP contribution in [0.4, 0.5) is 9.18 Å². The molecule has 3 amide bonds. The fourth-order valence-corrected chi connectivity index (χ4v) is 1.78. The van der Waals surface area contributed by atoms with Crippen molar-refractivity contribution < 1.29 is 14.0 Å². The first-order chi connectivity index (χ1) is 10.3. The van der Waals surface area contributed by atoms with Gasteiger partial charge in [-0.15, -0.1) is 0 Å². The van der Waals surface area contributed by atoms with Crippen LogP contribution >= 0.6 is 0 Å². The van der Waals surface area contributed by atoms with Crippen LogP contribution in [0.25, 0.3) is 0 Å². The Balaban J connectivity index is 2.42. The van der Waals surface area contributed by atoms with Gasteiger partial charge < -0.3 is 16.0 Å². The van der Waals surface area contributed by atoms with Gasteiger partial charge >= 0.3 is 6.03 Å². The average Bonchev–Trinajstić information content (AvgIpc) is 2.48. The normalized spacial score (nSPS) is 13.1. The van der Waals surface area contributed by atoms with Crippen LogP contribution < -0.4 is 16.0 Å². The number of nitrogens with one attached hydrogen (secondary N) is 3. The van der Waals surface area contributed by atoms with Crippen molar-refractivity contribution in [2.24, 2.45) is 0 Å². The first kappa shape index (κ1) is 17.9. The molecule has 0 aliphatic heterocycles. The van der Waals surface area contributed by atoms with Gasteiger partial charge in [-0.05, 0) is 44.4 Å². The van der Waals surface area contributed by atoms with Gasteiger partial charge in [0.05, 0.1) is 0 Å².